The summed E-state index contributed by atoms with van der Waals surface area (Å²) in [7, 11) is 1.60. The Balaban J connectivity index is 2.84. The van der Waals surface area contributed by atoms with E-state index in [-0.39, 0.29) is 5.43 Å². The minimum absolute atomic E-state index is 0.104. The first kappa shape index (κ1) is 10.7. The van der Waals surface area contributed by atoms with Gasteiger partial charge in [0.15, 0.2) is 5.43 Å². The SMILES string of the molecule is CCc1c(C)[nH]c2ccc(OC)cc2c1=O. The molecule has 0 aliphatic rings. The zero-order chi connectivity index (χ0) is 11.7. The summed E-state index contributed by atoms with van der Waals surface area (Å²) < 4.78 is 5.13. The monoisotopic (exact) mass is 217 g/mol. The molecule has 0 aliphatic carbocycles. The molecule has 0 aliphatic heterocycles. The van der Waals surface area contributed by atoms with Gasteiger partial charge >= 0.3 is 0 Å². The van der Waals surface area contributed by atoms with Crippen LogP contribution < -0.4 is 10.2 Å². The van der Waals surface area contributed by atoms with E-state index in [2.05, 4.69) is 4.98 Å². The Bertz CT molecular complexity index is 584. The number of hydrogen-bond donors (Lipinski definition) is 1. The van der Waals surface area contributed by atoms with Gasteiger partial charge in [0.05, 0.1) is 7.11 Å². The average Bonchev–Trinajstić information content (AvgIpc) is 2.29. The van der Waals surface area contributed by atoms with Gasteiger partial charge in [-0.3, -0.25) is 4.79 Å². The van der Waals surface area contributed by atoms with Crippen LogP contribution in [0.4, 0.5) is 0 Å². The number of aromatic amines is 1. The van der Waals surface area contributed by atoms with E-state index in [1.54, 1.807) is 13.2 Å². The van der Waals surface area contributed by atoms with Crippen LogP contribution in [0.2, 0.25) is 0 Å². The molecule has 0 saturated heterocycles. The molecule has 0 radical (unpaired) electrons. The van der Waals surface area contributed by atoms with Gasteiger partial charge in [0, 0.05) is 22.2 Å². The van der Waals surface area contributed by atoms with Crippen molar-refractivity contribution in [1.29, 1.82) is 0 Å². The standard InChI is InChI=1S/C13H15NO2/c1-4-10-8(2)14-12-6-5-9(16-3)7-11(12)13(10)15/h5-7H,4H2,1-3H3,(H,14,15). The second-order valence-corrected chi connectivity index (χ2v) is 3.82. The molecule has 0 spiro atoms. The summed E-state index contributed by atoms with van der Waals surface area (Å²) in [6.45, 7) is 3.92. The van der Waals surface area contributed by atoms with E-state index < -0.39 is 0 Å². The van der Waals surface area contributed by atoms with Gasteiger partial charge in [0.25, 0.3) is 0 Å². The third kappa shape index (κ3) is 1.58. The lowest BCUT2D eigenvalue weighted by molar-refractivity contribution is 0.415. The van der Waals surface area contributed by atoms with Gasteiger partial charge < -0.3 is 9.72 Å². The summed E-state index contributed by atoms with van der Waals surface area (Å²) in [6, 6.07) is 5.51. The number of benzene rings is 1. The Morgan fingerprint density at radius 2 is 2.12 bits per heavy atom. The van der Waals surface area contributed by atoms with Gasteiger partial charge in [-0.05, 0) is 31.5 Å². The Morgan fingerprint density at radius 3 is 2.75 bits per heavy atom. The van der Waals surface area contributed by atoms with Crippen molar-refractivity contribution in [2.24, 2.45) is 0 Å². The highest BCUT2D eigenvalue weighted by molar-refractivity contribution is 5.81. The van der Waals surface area contributed by atoms with Crippen molar-refractivity contribution in [3.63, 3.8) is 0 Å². The minimum Gasteiger partial charge on any atom is -0.497 e. The van der Waals surface area contributed by atoms with Crippen molar-refractivity contribution in [1.82, 2.24) is 4.98 Å². The van der Waals surface area contributed by atoms with Crippen LogP contribution in [0.5, 0.6) is 5.75 Å². The smallest absolute Gasteiger partial charge is 0.192 e. The molecule has 1 aromatic heterocycles. The van der Waals surface area contributed by atoms with Crippen molar-refractivity contribution >= 4 is 10.9 Å². The van der Waals surface area contributed by atoms with E-state index in [1.807, 2.05) is 26.0 Å². The van der Waals surface area contributed by atoms with Crippen LogP contribution in [-0.2, 0) is 6.42 Å². The predicted molar refractivity (Wildman–Crippen MR) is 65.2 cm³/mol. The molecular formula is C13H15NO2. The first-order chi connectivity index (χ1) is 7.67. The van der Waals surface area contributed by atoms with Gasteiger partial charge in [0.1, 0.15) is 5.75 Å². The molecule has 2 rings (SSSR count). The number of pyridine rings is 1. The van der Waals surface area contributed by atoms with Crippen LogP contribution in [0.25, 0.3) is 10.9 Å². The third-order valence-electron chi connectivity index (χ3n) is 2.87. The normalized spacial score (nSPS) is 10.7. The molecule has 3 heteroatoms. The zero-order valence-electron chi connectivity index (χ0n) is 9.76. The van der Waals surface area contributed by atoms with Crippen LogP contribution in [0.15, 0.2) is 23.0 Å². The van der Waals surface area contributed by atoms with E-state index in [9.17, 15) is 4.79 Å². The second-order valence-electron chi connectivity index (χ2n) is 3.82. The number of ether oxygens (including phenoxy) is 1. The Morgan fingerprint density at radius 1 is 1.38 bits per heavy atom. The van der Waals surface area contributed by atoms with E-state index in [4.69, 9.17) is 4.74 Å². The lowest BCUT2D eigenvalue weighted by atomic mass is 10.1. The van der Waals surface area contributed by atoms with Crippen LogP contribution in [0, 0.1) is 6.92 Å². The second kappa shape index (κ2) is 4.00. The van der Waals surface area contributed by atoms with Crippen molar-refractivity contribution in [3.8, 4) is 5.75 Å². The molecule has 1 heterocycles. The molecule has 1 aromatic carbocycles. The fourth-order valence-electron chi connectivity index (χ4n) is 1.98. The topological polar surface area (TPSA) is 42.1 Å². The van der Waals surface area contributed by atoms with Crippen molar-refractivity contribution in [3.05, 3.63) is 39.7 Å². The fourth-order valence-corrected chi connectivity index (χ4v) is 1.98. The summed E-state index contributed by atoms with van der Waals surface area (Å²) in [4.78, 5) is 15.4. The van der Waals surface area contributed by atoms with Crippen LogP contribution in [-0.4, -0.2) is 12.1 Å². The van der Waals surface area contributed by atoms with Gasteiger partial charge in [-0.25, -0.2) is 0 Å². The summed E-state index contributed by atoms with van der Waals surface area (Å²) in [6.07, 6.45) is 0.744. The average molecular weight is 217 g/mol. The first-order valence-electron chi connectivity index (χ1n) is 5.37. The molecule has 0 amide bonds. The van der Waals surface area contributed by atoms with Crippen molar-refractivity contribution < 1.29 is 4.74 Å². The zero-order valence-corrected chi connectivity index (χ0v) is 9.76. The number of fused-ring (bicyclic) bond motifs is 1. The number of rotatable bonds is 2. The van der Waals surface area contributed by atoms with E-state index in [1.165, 1.54) is 0 Å². The Hall–Kier alpha value is -1.77. The summed E-state index contributed by atoms with van der Waals surface area (Å²) >= 11 is 0. The Labute approximate surface area is 94.1 Å². The molecule has 0 unspecified atom stereocenters. The first-order valence-corrected chi connectivity index (χ1v) is 5.37. The van der Waals surface area contributed by atoms with Gasteiger partial charge in [-0.15, -0.1) is 0 Å². The summed E-state index contributed by atoms with van der Waals surface area (Å²) in [5.41, 5.74) is 2.76. The van der Waals surface area contributed by atoms with E-state index in [0.717, 1.165) is 23.2 Å². The lowest BCUT2D eigenvalue weighted by Crippen LogP contribution is -2.12. The third-order valence-corrected chi connectivity index (χ3v) is 2.87. The number of methoxy groups -OCH3 is 1. The number of aromatic nitrogens is 1. The maximum Gasteiger partial charge on any atom is 0.192 e. The predicted octanol–water partition coefficient (Wildman–Crippen LogP) is 2.41. The highest BCUT2D eigenvalue weighted by Crippen LogP contribution is 2.18. The molecule has 1 N–H and O–H groups in total. The van der Waals surface area contributed by atoms with Crippen LogP contribution in [0.1, 0.15) is 18.2 Å². The van der Waals surface area contributed by atoms with Gasteiger partial charge in [-0.2, -0.15) is 0 Å². The summed E-state index contributed by atoms with van der Waals surface area (Å²) in [5, 5.41) is 0.696. The molecular weight excluding hydrogens is 202 g/mol. The maximum absolute atomic E-state index is 12.2. The number of aryl methyl sites for hydroxylation is 1. The van der Waals surface area contributed by atoms with Gasteiger partial charge in [0.2, 0.25) is 0 Å². The molecule has 3 nitrogen and oxygen atoms in total. The molecule has 84 valence electrons. The quantitative estimate of drug-likeness (QED) is 0.839. The molecule has 0 atom stereocenters. The van der Waals surface area contributed by atoms with Crippen molar-refractivity contribution in [2.45, 2.75) is 20.3 Å². The van der Waals surface area contributed by atoms with E-state index in [0.29, 0.717) is 11.1 Å². The number of hydrogen-bond acceptors (Lipinski definition) is 2. The lowest BCUT2D eigenvalue weighted by Gasteiger charge is -2.07. The van der Waals surface area contributed by atoms with Gasteiger partial charge in [-0.1, -0.05) is 6.92 Å². The number of H-pyrrole nitrogens is 1. The fraction of sp³-hybridized carbons (Fsp3) is 0.308. The highest BCUT2D eigenvalue weighted by atomic mass is 16.5. The molecule has 0 fully saturated rings. The molecule has 0 saturated carbocycles. The van der Waals surface area contributed by atoms with E-state index >= 15 is 0 Å². The maximum atomic E-state index is 12.2. The highest BCUT2D eigenvalue weighted by Gasteiger charge is 2.08. The number of nitrogens with one attached hydrogen (secondary N) is 1. The molecule has 0 bridgehead atoms. The largest absolute Gasteiger partial charge is 0.497 e. The van der Waals surface area contributed by atoms with Crippen LogP contribution in [0.3, 0.4) is 0 Å². The van der Waals surface area contributed by atoms with Crippen LogP contribution >= 0.6 is 0 Å². The molecule has 2 aromatic rings. The summed E-state index contributed by atoms with van der Waals surface area (Å²) in [5.74, 6) is 0.712. The van der Waals surface area contributed by atoms with Crippen molar-refractivity contribution in [2.75, 3.05) is 7.11 Å². The minimum atomic E-state index is 0.104. The Kier molecular flexibility index (Phi) is 2.69. The molecule has 16 heavy (non-hydrogen) atoms.